The summed E-state index contributed by atoms with van der Waals surface area (Å²) in [6.45, 7) is 4.55. The molecule has 0 aromatic carbocycles. The lowest BCUT2D eigenvalue weighted by atomic mass is 10.3. The van der Waals surface area contributed by atoms with Gasteiger partial charge >= 0.3 is 0 Å². The van der Waals surface area contributed by atoms with E-state index in [2.05, 4.69) is 15.0 Å². The lowest BCUT2D eigenvalue weighted by Gasteiger charge is -2.17. The van der Waals surface area contributed by atoms with Crippen LogP contribution in [0.5, 0.6) is 5.88 Å². The van der Waals surface area contributed by atoms with E-state index in [0.29, 0.717) is 30.2 Å². The zero-order valence-corrected chi connectivity index (χ0v) is 13.7. The number of aromatic nitrogens is 4. The maximum Gasteiger partial charge on any atom is 0.256 e. The number of likely N-dealkylation sites (tertiary alicyclic amines) is 1. The second-order valence-electron chi connectivity index (χ2n) is 5.80. The van der Waals surface area contributed by atoms with Gasteiger partial charge in [-0.3, -0.25) is 19.1 Å². The molecule has 0 radical (unpaired) electrons. The fraction of sp³-hybridized carbons (Fsp3) is 0.438. The van der Waals surface area contributed by atoms with Crippen LogP contribution in [0.4, 0.5) is 0 Å². The lowest BCUT2D eigenvalue weighted by Crippen LogP contribution is -2.36. The maximum atomic E-state index is 12.4. The molecule has 1 aliphatic heterocycles. The average Bonchev–Trinajstić information content (AvgIpc) is 3.05. The minimum atomic E-state index is -0.178. The smallest absolute Gasteiger partial charge is 0.256 e. The first kappa shape index (κ1) is 16.1. The summed E-state index contributed by atoms with van der Waals surface area (Å²) in [5, 5.41) is 0. The van der Waals surface area contributed by atoms with Gasteiger partial charge in [0.15, 0.2) is 0 Å². The van der Waals surface area contributed by atoms with Crippen molar-refractivity contribution in [3.63, 3.8) is 0 Å². The van der Waals surface area contributed by atoms with Crippen LogP contribution in [-0.2, 0) is 11.3 Å². The molecule has 0 unspecified atom stereocenters. The molecule has 2 aromatic heterocycles. The SMILES string of the molecule is Cc1ncn(CC(=O)N2CC[C@H](Oc3cnccn3)C2)c(=O)c1C. The Balaban J connectivity index is 1.61. The number of carbonyl (C=O) groups excluding carboxylic acids is 1. The highest BCUT2D eigenvalue weighted by molar-refractivity contribution is 5.76. The van der Waals surface area contributed by atoms with Crippen LogP contribution in [0.1, 0.15) is 17.7 Å². The molecule has 3 rings (SSSR count). The molecule has 0 spiro atoms. The van der Waals surface area contributed by atoms with E-state index in [9.17, 15) is 9.59 Å². The number of nitrogens with zero attached hydrogens (tertiary/aromatic N) is 5. The maximum absolute atomic E-state index is 12.4. The Morgan fingerprint density at radius 3 is 2.92 bits per heavy atom. The predicted molar refractivity (Wildman–Crippen MR) is 85.6 cm³/mol. The largest absolute Gasteiger partial charge is 0.471 e. The van der Waals surface area contributed by atoms with Gasteiger partial charge in [0.1, 0.15) is 12.6 Å². The van der Waals surface area contributed by atoms with Gasteiger partial charge in [0.05, 0.1) is 19.1 Å². The number of hydrogen-bond donors (Lipinski definition) is 0. The summed E-state index contributed by atoms with van der Waals surface area (Å²) in [6.07, 6.45) is 6.72. The van der Waals surface area contributed by atoms with Gasteiger partial charge < -0.3 is 9.64 Å². The second-order valence-corrected chi connectivity index (χ2v) is 5.80. The molecule has 0 saturated carbocycles. The summed E-state index contributed by atoms with van der Waals surface area (Å²) in [4.78, 5) is 38.4. The molecule has 1 aliphatic rings. The molecule has 126 valence electrons. The minimum Gasteiger partial charge on any atom is -0.471 e. The highest BCUT2D eigenvalue weighted by Crippen LogP contribution is 2.15. The van der Waals surface area contributed by atoms with Crippen LogP contribution in [0.2, 0.25) is 0 Å². The van der Waals surface area contributed by atoms with Crippen molar-refractivity contribution in [2.45, 2.75) is 32.9 Å². The van der Waals surface area contributed by atoms with E-state index in [4.69, 9.17) is 4.74 Å². The fourth-order valence-corrected chi connectivity index (χ4v) is 2.60. The number of ether oxygens (including phenoxy) is 1. The summed E-state index contributed by atoms with van der Waals surface area (Å²) < 4.78 is 7.06. The number of carbonyl (C=O) groups is 1. The van der Waals surface area contributed by atoms with Crippen molar-refractivity contribution in [1.82, 2.24) is 24.4 Å². The van der Waals surface area contributed by atoms with E-state index in [1.165, 1.54) is 10.9 Å². The Labute approximate surface area is 139 Å². The van der Waals surface area contributed by atoms with E-state index in [-0.39, 0.29) is 24.1 Å². The third-order valence-corrected chi connectivity index (χ3v) is 4.15. The van der Waals surface area contributed by atoms with Crippen LogP contribution in [0.25, 0.3) is 0 Å². The van der Waals surface area contributed by atoms with Crippen LogP contribution in [0, 0.1) is 13.8 Å². The Hall–Kier alpha value is -2.77. The number of amides is 1. The summed E-state index contributed by atoms with van der Waals surface area (Å²) in [5.41, 5.74) is 1.07. The normalized spacial score (nSPS) is 17.1. The Kier molecular flexibility index (Phi) is 4.54. The molecule has 3 heterocycles. The molecule has 0 N–H and O–H groups in total. The topological polar surface area (TPSA) is 90.2 Å². The van der Waals surface area contributed by atoms with Gasteiger partial charge in [-0.05, 0) is 13.8 Å². The number of aryl methyl sites for hydroxylation is 1. The van der Waals surface area contributed by atoms with Crippen molar-refractivity contribution in [3.05, 3.63) is 46.5 Å². The molecule has 2 aromatic rings. The molecule has 1 atom stereocenters. The highest BCUT2D eigenvalue weighted by Gasteiger charge is 2.28. The predicted octanol–water partition coefficient (Wildman–Crippen LogP) is 0.330. The van der Waals surface area contributed by atoms with Crippen LogP contribution < -0.4 is 10.3 Å². The first-order chi connectivity index (χ1) is 11.5. The zero-order valence-electron chi connectivity index (χ0n) is 13.7. The van der Waals surface area contributed by atoms with Gasteiger partial charge in [-0.1, -0.05) is 0 Å². The van der Waals surface area contributed by atoms with Gasteiger partial charge in [-0.2, -0.15) is 0 Å². The summed E-state index contributed by atoms with van der Waals surface area (Å²) in [5.74, 6) is 0.332. The molecular formula is C16H19N5O3. The third-order valence-electron chi connectivity index (χ3n) is 4.15. The van der Waals surface area contributed by atoms with E-state index in [1.54, 1.807) is 37.3 Å². The Morgan fingerprint density at radius 2 is 2.17 bits per heavy atom. The molecule has 24 heavy (non-hydrogen) atoms. The molecule has 8 heteroatoms. The van der Waals surface area contributed by atoms with E-state index < -0.39 is 0 Å². The summed E-state index contributed by atoms with van der Waals surface area (Å²) >= 11 is 0. The van der Waals surface area contributed by atoms with Gasteiger partial charge in [0.25, 0.3) is 5.56 Å². The van der Waals surface area contributed by atoms with Crippen LogP contribution in [0.15, 0.2) is 29.7 Å². The van der Waals surface area contributed by atoms with Crippen LogP contribution in [-0.4, -0.2) is 49.5 Å². The first-order valence-electron chi connectivity index (χ1n) is 7.77. The van der Waals surface area contributed by atoms with Crippen molar-refractivity contribution in [3.8, 4) is 5.88 Å². The summed E-state index contributed by atoms with van der Waals surface area (Å²) in [6, 6.07) is 0. The Morgan fingerprint density at radius 1 is 1.33 bits per heavy atom. The van der Waals surface area contributed by atoms with Gasteiger partial charge in [-0.15, -0.1) is 0 Å². The third kappa shape index (κ3) is 3.42. The fourth-order valence-electron chi connectivity index (χ4n) is 2.60. The average molecular weight is 329 g/mol. The molecule has 1 amide bonds. The van der Waals surface area contributed by atoms with Crippen molar-refractivity contribution in [1.29, 1.82) is 0 Å². The zero-order chi connectivity index (χ0) is 17.1. The second kappa shape index (κ2) is 6.77. The van der Waals surface area contributed by atoms with Crippen molar-refractivity contribution < 1.29 is 9.53 Å². The molecule has 1 saturated heterocycles. The first-order valence-corrected chi connectivity index (χ1v) is 7.77. The highest BCUT2D eigenvalue weighted by atomic mass is 16.5. The Bertz CT molecular complexity index is 790. The van der Waals surface area contributed by atoms with E-state index >= 15 is 0 Å². The van der Waals surface area contributed by atoms with E-state index in [0.717, 1.165) is 6.42 Å². The van der Waals surface area contributed by atoms with Crippen LogP contribution >= 0.6 is 0 Å². The molecule has 8 nitrogen and oxygen atoms in total. The number of rotatable bonds is 4. The van der Waals surface area contributed by atoms with Gasteiger partial charge in [0, 0.05) is 36.6 Å². The van der Waals surface area contributed by atoms with Crippen molar-refractivity contribution >= 4 is 5.91 Å². The molecule has 0 bridgehead atoms. The summed E-state index contributed by atoms with van der Waals surface area (Å²) in [7, 11) is 0. The minimum absolute atomic E-state index is 0.00911. The van der Waals surface area contributed by atoms with Gasteiger partial charge in [0.2, 0.25) is 11.8 Å². The molecule has 1 fully saturated rings. The molecular weight excluding hydrogens is 310 g/mol. The monoisotopic (exact) mass is 329 g/mol. The van der Waals surface area contributed by atoms with Gasteiger partial charge in [-0.25, -0.2) is 9.97 Å². The quantitative estimate of drug-likeness (QED) is 0.803. The number of hydrogen-bond acceptors (Lipinski definition) is 6. The van der Waals surface area contributed by atoms with Crippen molar-refractivity contribution in [2.75, 3.05) is 13.1 Å². The lowest BCUT2D eigenvalue weighted by molar-refractivity contribution is -0.131. The van der Waals surface area contributed by atoms with Crippen molar-refractivity contribution in [2.24, 2.45) is 0 Å². The van der Waals surface area contributed by atoms with E-state index in [1.807, 2.05) is 0 Å². The molecule has 0 aliphatic carbocycles. The standard InChI is InChI=1S/C16H19N5O3/c1-11-12(2)19-10-21(16(11)23)9-15(22)20-6-3-13(8-20)24-14-7-17-4-5-18-14/h4-5,7,10,13H,3,6,8-9H2,1-2H3/t13-/m0/s1. The van der Waals surface area contributed by atoms with Crippen LogP contribution in [0.3, 0.4) is 0 Å².